The van der Waals surface area contributed by atoms with Crippen LogP contribution in [0.4, 0.5) is 4.79 Å². The van der Waals surface area contributed by atoms with E-state index in [2.05, 4.69) is 31.4 Å². The van der Waals surface area contributed by atoms with Crippen LogP contribution in [-0.2, 0) is 20.9 Å². The molecule has 0 atom stereocenters. The summed E-state index contributed by atoms with van der Waals surface area (Å²) in [5.41, 5.74) is 0.248. The van der Waals surface area contributed by atoms with E-state index in [1.807, 2.05) is 0 Å². The van der Waals surface area contributed by atoms with E-state index in [1.54, 1.807) is 12.1 Å². The van der Waals surface area contributed by atoms with Crippen LogP contribution in [-0.4, -0.2) is 24.5 Å². The maximum absolute atomic E-state index is 12.1. The van der Waals surface area contributed by atoms with Gasteiger partial charge in [-0.2, -0.15) is 0 Å². The van der Waals surface area contributed by atoms with Gasteiger partial charge in [0.15, 0.2) is 6.61 Å². The summed E-state index contributed by atoms with van der Waals surface area (Å²) in [6.45, 7) is 6.38. The van der Waals surface area contributed by atoms with Crippen LogP contribution in [0.25, 0.3) is 0 Å². The molecule has 2 rings (SSSR count). The molecule has 0 saturated heterocycles. The Balaban J connectivity index is 1.64. The highest BCUT2D eigenvalue weighted by atomic mass is 16.5. The summed E-state index contributed by atoms with van der Waals surface area (Å²) in [6, 6.07) is 2.75. The minimum absolute atomic E-state index is 0.158. The first-order valence-electron chi connectivity index (χ1n) is 9.02. The molecule has 1 aromatic heterocycles. The highest BCUT2D eigenvalue weighted by Crippen LogP contribution is 2.40. The molecule has 2 N–H and O–H groups in total. The van der Waals surface area contributed by atoms with Crippen LogP contribution >= 0.6 is 0 Å². The molecule has 144 valence electrons. The molecule has 1 heterocycles. The second kappa shape index (κ2) is 8.87. The number of esters is 1. The summed E-state index contributed by atoms with van der Waals surface area (Å²) >= 11 is 0. The Morgan fingerprint density at radius 3 is 2.46 bits per heavy atom. The van der Waals surface area contributed by atoms with Crippen molar-refractivity contribution in [1.82, 2.24) is 10.6 Å². The predicted octanol–water partition coefficient (Wildman–Crippen LogP) is 3.00. The van der Waals surface area contributed by atoms with Gasteiger partial charge in [0.2, 0.25) is 0 Å². The maximum Gasteiger partial charge on any atom is 0.321 e. The predicted molar refractivity (Wildman–Crippen MR) is 94.9 cm³/mol. The molecule has 1 aliphatic carbocycles. The van der Waals surface area contributed by atoms with Gasteiger partial charge in [0.05, 0.1) is 18.7 Å². The number of urea groups is 1. The summed E-state index contributed by atoms with van der Waals surface area (Å²) in [7, 11) is 0. The van der Waals surface area contributed by atoms with Gasteiger partial charge < -0.3 is 14.5 Å². The molecule has 1 aliphatic rings. The Labute approximate surface area is 153 Å². The normalized spacial score (nSPS) is 20.3. The van der Waals surface area contributed by atoms with Crippen LogP contribution < -0.4 is 10.6 Å². The minimum Gasteiger partial charge on any atom is -0.467 e. The Kier molecular flexibility index (Phi) is 6.83. The lowest BCUT2D eigenvalue weighted by atomic mass is 9.70. The number of hydrogen-bond acceptors (Lipinski definition) is 5. The summed E-state index contributed by atoms with van der Waals surface area (Å²) in [4.78, 5) is 35.4. The lowest BCUT2D eigenvalue weighted by molar-refractivity contribution is -0.153. The summed E-state index contributed by atoms with van der Waals surface area (Å²) in [6.07, 6.45) is 5.04. The molecule has 1 aromatic rings. The van der Waals surface area contributed by atoms with Crippen LogP contribution in [0.5, 0.6) is 0 Å². The molecule has 26 heavy (non-hydrogen) atoms. The summed E-state index contributed by atoms with van der Waals surface area (Å²) in [5, 5.41) is 4.60. The van der Waals surface area contributed by atoms with Gasteiger partial charge in [-0.05, 0) is 49.1 Å². The van der Waals surface area contributed by atoms with Gasteiger partial charge in [-0.15, -0.1) is 0 Å². The number of imide groups is 1. The highest BCUT2D eigenvalue weighted by molar-refractivity contribution is 5.95. The fraction of sp³-hybridized carbons (Fsp3) is 0.632. The molecule has 0 bridgehead atoms. The first kappa shape index (κ1) is 20.0. The number of rotatable bonds is 5. The summed E-state index contributed by atoms with van der Waals surface area (Å²) in [5.74, 6) is 0.00828. The first-order chi connectivity index (χ1) is 12.3. The van der Waals surface area contributed by atoms with Crippen LogP contribution in [0.1, 0.15) is 52.2 Å². The van der Waals surface area contributed by atoms with Gasteiger partial charge in [-0.3, -0.25) is 14.9 Å². The number of ether oxygens (including phenoxy) is 1. The van der Waals surface area contributed by atoms with Gasteiger partial charge in [-0.1, -0.05) is 20.8 Å². The molecule has 0 aromatic carbocycles. The van der Waals surface area contributed by atoms with Crippen LogP contribution in [0.15, 0.2) is 22.8 Å². The second-order valence-electron chi connectivity index (χ2n) is 7.83. The van der Waals surface area contributed by atoms with E-state index in [1.165, 1.54) is 6.26 Å². The lowest BCUT2D eigenvalue weighted by Crippen LogP contribution is -2.41. The van der Waals surface area contributed by atoms with E-state index < -0.39 is 18.5 Å². The van der Waals surface area contributed by atoms with E-state index in [0.29, 0.717) is 11.7 Å². The zero-order valence-corrected chi connectivity index (χ0v) is 15.7. The molecular weight excluding hydrogens is 336 g/mol. The average molecular weight is 364 g/mol. The first-order valence-corrected chi connectivity index (χ1v) is 9.02. The van der Waals surface area contributed by atoms with Gasteiger partial charge in [-0.25, -0.2) is 4.79 Å². The van der Waals surface area contributed by atoms with Crippen molar-refractivity contribution < 1.29 is 23.5 Å². The number of carbonyl (C=O) groups is 3. The van der Waals surface area contributed by atoms with Gasteiger partial charge in [0.25, 0.3) is 5.91 Å². The second-order valence-corrected chi connectivity index (χ2v) is 7.83. The van der Waals surface area contributed by atoms with Crippen molar-refractivity contribution in [3.05, 3.63) is 24.2 Å². The van der Waals surface area contributed by atoms with Gasteiger partial charge >= 0.3 is 12.0 Å². The SMILES string of the molecule is CC(C)(C)C1CCC(C(=O)OCC(=O)NC(=O)NCc2ccco2)CC1. The van der Waals surface area contributed by atoms with Crippen molar-refractivity contribution in [2.45, 2.75) is 53.0 Å². The van der Waals surface area contributed by atoms with Crippen LogP contribution in [0.2, 0.25) is 0 Å². The molecule has 1 saturated carbocycles. The van der Waals surface area contributed by atoms with Gasteiger partial charge in [0.1, 0.15) is 5.76 Å². The quantitative estimate of drug-likeness (QED) is 0.783. The topological polar surface area (TPSA) is 97.6 Å². The molecule has 0 unspecified atom stereocenters. The Bertz CT molecular complexity index is 610. The van der Waals surface area contributed by atoms with Crippen molar-refractivity contribution in [2.24, 2.45) is 17.3 Å². The molecule has 7 heteroatoms. The van der Waals surface area contributed by atoms with Crippen molar-refractivity contribution in [3.8, 4) is 0 Å². The Morgan fingerprint density at radius 1 is 1.19 bits per heavy atom. The number of hydrogen-bond donors (Lipinski definition) is 2. The van der Waals surface area contributed by atoms with Crippen molar-refractivity contribution in [3.63, 3.8) is 0 Å². The van der Waals surface area contributed by atoms with E-state index in [0.717, 1.165) is 25.7 Å². The number of furan rings is 1. The van der Waals surface area contributed by atoms with E-state index in [-0.39, 0.29) is 23.8 Å². The number of amides is 3. The lowest BCUT2D eigenvalue weighted by Gasteiger charge is -2.36. The molecule has 3 amide bonds. The van der Waals surface area contributed by atoms with Crippen LogP contribution in [0.3, 0.4) is 0 Å². The van der Waals surface area contributed by atoms with Crippen molar-refractivity contribution in [2.75, 3.05) is 6.61 Å². The molecule has 0 radical (unpaired) electrons. The van der Waals surface area contributed by atoms with Crippen LogP contribution in [0, 0.1) is 17.3 Å². The summed E-state index contributed by atoms with van der Waals surface area (Å²) < 4.78 is 10.1. The fourth-order valence-electron chi connectivity index (χ4n) is 3.24. The fourth-order valence-corrected chi connectivity index (χ4v) is 3.24. The Morgan fingerprint density at radius 2 is 1.88 bits per heavy atom. The molecule has 0 spiro atoms. The third kappa shape index (κ3) is 6.20. The van der Waals surface area contributed by atoms with E-state index in [4.69, 9.17) is 9.15 Å². The third-order valence-corrected chi connectivity index (χ3v) is 4.89. The third-order valence-electron chi connectivity index (χ3n) is 4.89. The number of carbonyl (C=O) groups excluding carboxylic acids is 3. The monoisotopic (exact) mass is 364 g/mol. The Hall–Kier alpha value is -2.31. The van der Waals surface area contributed by atoms with Gasteiger partial charge in [0, 0.05) is 0 Å². The maximum atomic E-state index is 12.1. The zero-order valence-electron chi connectivity index (χ0n) is 15.7. The average Bonchev–Trinajstić information content (AvgIpc) is 3.11. The smallest absolute Gasteiger partial charge is 0.321 e. The van der Waals surface area contributed by atoms with E-state index in [9.17, 15) is 14.4 Å². The number of nitrogens with one attached hydrogen (secondary N) is 2. The zero-order chi connectivity index (χ0) is 19.2. The van der Waals surface area contributed by atoms with E-state index >= 15 is 0 Å². The minimum atomic E-state index is -0.659. The molecular formula is C19H28N2O5. The molecule has 0 aliphatic heterocycles. The standard InChI is InChI=1S/C19H28N2O5/c1-19(2,3)14-8-6-13(7-9-14)17(23)26-12-16(22)21-18(24)20-11-15-5-4-10-25-15/h4-5,10,13-14H,6-9,11-12H2,1-3H3,(H2,20,21,22,24). The molecule has 1 fully saturated rings. The highest BCUT2D eigenvalue weighted by Gasteiger charge is 2.33. The van der Waals surface area contributed by atoms with Crippen molar-refractivity contribution in [1.29, 1.82) is 0 Å². The van der Waals surface area contributed by atoms with Crippen molar-refractivity contribution >= 4 is 17.9 Å². The largest absolute Gasteiger partial charge is 0.467 e. The molecule has 7 nitrogen and oxygen atoms in total.